The Morgan fingerprint density at radius 2 is 2.19 bits per heavy atom. The number of carbonyl (C=O) groups is 1. The normalized spacial score (nSPS) is 18.8. The van der Waals surface area contributed by atoms with Crippen LogP contribution in [0.1, 0.15) is 35.4 Å². The predicted molar refractivity (Wildman–Crippen MR) is 64.7 cm³/mol. The summed E-state index contributed by atoms with van der Waals surface area (Å²) in [5, 5.41) is 12.5. The first kappa shape index (κ1) is 11.6. The average molecular weight is 239 g/mol. The highest BCUT2D eigenvalue weighted by atomic mass is 32.1. The van der Waals surface area contributed by atoms with Gasteiger partial charge in [0, 0.05) is 16.3 Å². The first-order chi connectivity index (χ1) is 7.62. The molecule has 1 aliphatic rings. The Labute approximate surface area is 99.5 Å². The van der Waals surface area contributed by atoms with E-state index in [0.29, 0.717) is 6.54 Å². The molecule has 3 nitrogen and oxygen atoms in total. The summed E-state index contributed by atoms with van der Waals surface area (Å²) in [6.07, 6.45) is 3.55. The van der Waals surface area contributed by atoms with Crippen LogP contribution in [-0.4, -0.2) is 16.6 Å². The van der Waals surface area contributed by atoms with E-state index in [2.05, 4.69) is 24.4 Å². The maximum atomic E-state index is 11.3. The lowest BCUT2D eigenvalue weighted by atomic mass is 9.98. The Hall–Kier alpha value is -0.870. The number of carboxylic acid groups (broad SMARTS) is 1. The average Bonchev–Trinajstić information content (AvgIpc) is 2.84. The van der Waals surface area contributed by atoms with Crippen molar-refractivity contribution in [3.8, 4) is 0 Å². The molecule has 4 heteroatoms. The molecule has 88 valence electrons. The fraction of sp³-hybridized carbons (Fsp3) is 0.583. The summed E-state index contributed by atoms with van der Waals surface area (Å²) in [4.78, 5) is 13.8. The van der Waals surface area contributed by atoms with Gasteiger partial charge in [0.1, 0.15) is 5.54 Å². The zero-order chi connectivity index (χ0) is 11.6. The lowest BCUT2D eigenvalue weighted by Gasteiger charge is -2.25. The molecule has 0 spiro atoms. The standard InChI is InChI=1S/C12H17NO2S/c1-9-4-5-10(16-9)8-13-12(11(14)15)6-2-3-7-12/h4-5,13H,2-3,6-8H2,1H3,(H,14,15). The van der Waals surface area contributed by atoms with E-state index in [1.165, 1.54) is 9.75 Å². The minimum atomic E-state index is -0.696. The molecule has 1 saturated carbocycles. The molecule has 1 heterocycles. The quantitative estimate of drug-likeness (QED) is 0.849. The number of rotatable bonds is 4. The molecule has 1 aromatic rings. The monoisotopic (exact) mass is 239 g/mol. The van der Waals surface area contributed by atoms with Gasteiger partial charge in [-0.1, -0.05) is 12.8 Å². The van der Waals surface area contributed by atoms with Crippen molar-refractivity contribution in [1.82, 2.24) is 5.32 Å². The summed E-state index contributed by atoms with van der Waals surface area (Å²) < 4.78 is 0. The molecule has 0 unspecified atom stereocenters. The number of thiophene rings is 1. The first-order valence-corrected chi connectivity index (χ1v) is 6.48. The number of aliphatic carboxylic acids is 1. The molecule has 1 aromatic heterocycles. The highest BCUT2D eigenvalue weighted by molar-refractivity contribution is 7.11. The number of carboxylic acids is 1. The molecule has 0 amide bonds. The molecular weight excluding hydrogens is 222 g/mol. The van der Waals surface area contributed by atoms with E-state index in [1.807, 2.05) is 0 Å². The largest absolute Gasteiger partial charge is 0.480 e. The van der Waals surface area contributed by atoms with Crippen molar-refractivity contribution < 1.29 is 9.90 Å². The summed E-state index contributed by atoms with van der Waals surface area (Å²) in [5.74, 6) is -0.696. The fourth-order valence-electron chi connectivity index (χ4n) is 2.28. The summed E-state index contributed by atoms with van der Waals surface area (Å²) in [5.41, 5.74) is -0.669. The van der Waals surface area contributed by atoms with E-state index in [4.69, 9.17) is 0 Å². The van der Waals surface area contributed by atoms with E-state index >= 15 is 0 Å². The first-order valence-electron chi connectivity index (χ1n) is 5.66. The van der Waals surface area contributed by atoms with Crippen LogP contribution in [0.5, 0.6) is 0 Å². The second kappa shape index (κ2) is 4.55. The number of hydrogen-bond acceptors (Lipinski definition) is 3. The van der Waals surface area contributed by atoms with Gasteiger partial charge in [0.15, 0.2) is 0 Å². The van der Waals surface area contributed by atoms with Gasteiger partial charge in [0.05, 0.1) is 0 Å². The lowest BCUT2D eigenvalue weighted by Crippen LogP contribution is -2.49. The van der Waals surface area contributed by atoms with E-state index < -0.39 is 11.5 Å². The van der Waals surface area contributed by atoms with E-state index in [9.17, 15) is 9.90 Å². The molecule has 1 fully saturated rings. The highest BCUT2D eigenvalue weighted by Gasteiger charge is 2.40. The van der Waals surface area contributed by atoms with Crippen LogP contribution in [-0.2, 0) is 11.3 Å². The van der Waals surface area contributed by atoms with Gasteiger partial charge in [0.2, 0.25) is 0 Å². The van der Waals surface area contributed by atoms with Crippen molar-refractivity contribution in [3.05, 3.63) is 21.9 Å². The molecule has 0 radical (unpaired) electrons. The topological polar surface area (TPSA) is 49.3 Å². The van der Waals surface area contributed by atoms with Crippen molar-refractivity contribution in [2.45, 2.75) is 44.7 Å². The van der Waals surface area contributed by atoms with E-state index in [0.717, 1.165) is 25.7 Å². The minimum absolute atomic E-state index is 0.669. The van der Waals surface area contributed by atoms with Crippen LogP contribution in [0.2, 0.25) is 0 Å². The van der Waals surface area contributed by atoms with Crippen molar-refractivity contribution in [3.63, 3.8) is 0 Å². The summed E-state index contributed by atoms with van der Waals surface area (Å²) >= 11 is 1.73. The van der Waals surface area contributed by atoms with E-state index in [1.54, 1.807) is 11.3 Å². The second-order valence-electron chi connectivity index (χ2n) is 4.46. The SMILES string of the molecule is Cc1ccc(CNC2(C(=O)O)CCCC2)s1. The molecule has 2 rings (SSSR count). The summed E-state index contributed by atoms with van der Waals surface area (Å²) in [7, 11) is 0. The van der Waals surface area contributed by atoms with Crippen LogP contribution in [0.3, 0.4) is 0 Å². The number of aryl methyl sites for hydroxylation is 1. The van der Waals surface area contributed by atoms with Crippen molar-refractivity contribution >= 4 is 17.3 Å². The van der Waals surface area contributed by atoms with Crippen LogP contribution in [0.15, 0.2) is 12.1 Å². The molecule has 16 heavy (non-hydrogen) atoms. The van der Waals surface area contributed by atoms with Crippen LogP contribution < -0.4 is 5.32 Å². The third-order valence-electron chi connectivity index (χ3n) is 3.26. The maximum Gasteiger partial charge on any atom is 0.323 e. The Balaban J connectivity index is 1.99. The van der Waals surface area contributed by atoms with Gasteiger partial charge >= 0.3 is 5.97 Å². The van der Waals surface area contributed by atoms with Crippen molar-refractivity contribution in [2.24, 2.45) is 0 Å². The summed E-state index contributed by atoms with van der Waals surface area (Å²) in [6, 6.07) is 4.14. The Morgan fingerprint density at radius 1 is 1.50 bits per heavy atom. The zero-order valence-electron chi connectivity index (χ0n) is 9.45. The van der Waals surface area contributed by atoms with Crippen LogP contribution in [0.25, 0.3) is 0 Å². The Bertz CT molecular complexity index is 380. The fourth-order valence-corrected chi connectivity index (χ4v) is 3.11. The van der Waals surface area contributed by atoms with Gasteiger partial charge in [-0.2, -0.15) is 0 Å². The van der Waals surface area contributed by atoms with Crippen LogP contribution in [0.4, 0.5) is 0 Å². The van der Waals surface area contributed by atoms with Crippen LogP contribution in [0, 0.1) is 6.92 Å². The molecule has 0 aliphatic heterocycles. The van der Waals surface area contributed by atoms with Gasteiger partial charge in [-0.25, -0.2) is 0 Å². The minimum Gasteiger partial charge on any atom is -0.480 e. The van der Waals surface area contributed by atoms with Gasteiger partial charge in [0.25, 0.3) is 0 Å². The zero-order valence-corrected chi connectivity index (χ0v) is 10.3. The molecule has 0 aromatic carbocycles. The molecule has 0 saturated heterocycles. The highest BCUT2D eigenvalue weighted by Crippen LogP contribution is 2.30. The Kier molecular flexibility index (Phi) is 3.30. The third-order valence-corrected chi connectivity index (χ3v) is 4.26. The predicted octanol–water partition coefficient (Wildman–Crippen LogP) is 2.54. The molecule has 0 bridgehead atoms. The summed E-state index contributed by atoms with van der Waals surface area (Å²) in [6.45, 7) is 2.74. The van der Waals surface area contributed by atoms with Crippen molar-refractivity contribution in [2.75, 3.05) is 0 Å². The van der Waals surface area contributed by atoms with Gasteiger partial charge in [-0.15, -0.1) is 11.3 Å². The molecular formula is C12H17NO2S. The van der Waals surface area contributed by atoms with Gasteiger partial charge < -0.3 is 5.11 Å². The molecule has 0 atom stereocenters. The lowest BCUT2D eigenvalue weighted by molar-refractivity contribution is -0.144. The van der Waals surface area contributed by atoms with Crippen LogP contribution >= 0.6 is 11.3 Å². The Morgan fingerprint density at radius 3 is 2.69 bits per heavy atom. The third kappa shape index (κ3) is 2.28. The van der Waals surface area contributed by atoms with E-state index in [-0.39, 0.29) is 0 Å². The molecule has 1 aliphatic carbocycles. The van der Waals surface area contributed by atoms with Gasteiger partial charge in [-0.05, 0) is 31.9 Å². The maximum absolute atomic E-state index is 11.3. The number of nitrogens with one attached hydrogen (secondary N) is 1. The second-order valence-corrected chi connectivity index (χ2v) is 5.83. The number of hydrogen-bond donors (Lipinski definition) is 2. The van der Waals surface area contributed by atoms with Crippen molar-refractivity contribution in [1.29, 1.82) is 0 Å². The van der Waals surface area contributed by atoms with Gasteiger partial charge in [-0.3, -0.25) is 10.1 Å². The molecule has 2 N–H and O–H groups in total. The smallest absolute Gasteiger partial charge is 0.323 e.